The van der Waals surface area contributed by atoms with Gasteiger partial charge >= 0.3 is 12.4 Å². The maximum atomic E-state index is 12.2. The molecule has 1 N–H and O–H groups in total. The fourth-order valence-electron chi connectivity index (χ4n) is 1.76. The van der Waals surface area contributed by atoms with Gasteiger partial charge < -0.3 is 10.0 Å². The van der Waals surface area contributed by atoms with E-state index in [0.29, 0.717) is 6.42 Å². The molecule has 1 aliphatic heterocycles. The molecule has 6 heteroatoms. The fourth-order valence-corrected chi connectivity index (χ4v) is 1.76. The lowest BCUT2D eigenvalue weighted by Crippen LogP contribution is -2.51. The van der Waals surface area contributed by atoms with Crippen molar-refractivity contribution >= 4 is 11.9 Å². The van der Waals surface area contributed by atoms with Gasteiger partial charge in [-0.1, -0.05) is 6.92 Å². The second-order valence-electron chi connectivity index (χ2n) is 3.82. The van der Waals surface area contributed by atoms with E-state index < -0.39 is 24.3 Å². The van der Waals surface area contributed by atoms with Crippen LogP contribution in [-0.4, -0.2) is 40.9 Å². The van der Waals surface area contributed by atoms with Crippen LogP contribution in [-0.2, 0) is 9.59 Å². The molecule has 0 spiro atoms. The van der Waals surface area contributed by atoms with Gasteiger partial charge in [0, 0.05) is 6.54 Å². The topological polar surface area (TPSA) is 57.6 Å². The molecule has 0 aromatic rings. The SMILES string of the molecule is CC1CCN(C(=O)C(F)F)C(C(=O)O)C1. The van der Waals surface area contributed by atoms with E-state index in [1.165, 1.54) is 0 Å². The quantitative estimate of drug-likeness (QED) is 0.755. The predicted octanol–water partition coefficient (Wildman–Crippen LogP) is 0.963. The van der Waals surface area contributed by atoms with Crippen LogP contribution in [0.1, 0.15) is 19.8 Å². The number of rotatable bonds is 2. The molecule has 0 saturated carbocycles. The molecule has 1 fully saturated rings. The Morgan fingerprint density at radius 2 is 2.07 bits per heavy atom. The average molecular weight is 221 g/mol. The van der Waals surface area contributed by atoms with Crippen LogP contribution in [0.3, 0.4) is 0 Å². The third kappa shape index (κ3) is 2.64. The maximum absolute atomic E-state index is 12.2. The number of hydrogen-bond donors (Lipinski definition) is 1. The molecule has 15 heavy (non-hydrogen) atoms. The Morgan fingerprint density at radius 1 is 1.47 bits per heavy atom. The summed E-state index contributed by atoms with van der Waals surface area (Å²) in [6.45, 7) is 1.95. The number of carboxylic acid groups (broad SMARTS) is 1. The molecule has 0 aromatic heterocycles. The number of amides is 1. The first-order chi connectivity index (χ1) is 6.93. The third-order valence-electron chi connectivity index (χ3n) is 2.62. The third-order valence-corrected chi connectivity index (χ3v) is 2.62. The zero-order valence-electron chi connectivity index (χ0n) is 8.32. The molecule has 2 atom stereocenters. The Bertz CT molecular complexity index is 270. The minimum absolute atomic E-state index is 0.0985. The van der Waals surface area contributed by atoms with Crippen LogP contribution in [0.5, 0.6) is 0 Å². The Kier molecular flexibility index (Phi) is 3.60. The highest BCUT2D eigenvalue weighted by Crippen LogP contribution is 2.23. The number of carbonyl (C=O) groups is 2. The van der Waals surface area contributed by atoms with Crippen molar-refractivity contribution in [1.29, 1.82) is 0 Å². The molecule has 2 unspecified atom stereocenters. The van der Waals surface area contributed by atoms with E-state index in [2.05, 4.69) is 0 Å². The molecule has 0 aliphatic carbocycles. The summed E-state index contributed by atoms with van der Waals surface area (Å²) in [4.78, 5) is 22.6. The number of alkyl halides is 2. The number of nitrogens with zero attached hydrogens (tertiary/aromatic N) is 1. The van der Waals surface area contributed by atoms with E-state index >= 15 is 0 Å². The number of aliphatic carboxylic acids is 1. The minimum Gasteiger partial charge on any atom is -0.480 e. The van der Waals surface area contributed by atoms with E-state index in [9.17, 15) is 18.4 Å². The standard InChI is InChI=1S/C9H13F2NO3/c1-5-2-3-12(8(13)7(10)11)6(4-5)9(14)15/h5-7H,2-4H2,1H3,(H,14,15). The number of halogens is 2. The molecule has 1 amide bonds. The number of likely N-dealkylation sites (tertiary alicyclic amines) is 1. The molecular weight excluding hydrogens is 208 g/mol. The lowest BCUT2D eigenvalue weighted by Gasteiger charge is -2.35. The Morgan fingerprint density at radius 3 is 2.53 bits per heavy atom. The van der Waals surface area contributed by atoms with Gasteiger partial charge in [-0.15, -0.1) is 0 Å². The zero-order chi connectivity index (χ0) is 11.6. The second-order valence-corrected chi connectivity index (χ2v) is 3.82. The normalized spacial score (nSPS) is 26.8. The lowest BCUT2D eigenvalue weighted by molar-refractivity contribution is -0.158. The largest absolute Gasteiger partial charge is 0.480 e. The van der Waals surface area contributed by atoms with E-state index in [-0.39, 0.29) is 18.9 Å². The average Bonchev–Trinajstić information content (AvgIpc) is 2.16. The molecule has 4 nitrogen and oxygen atoms in total. The highest BCUT2D eigenvalue weighted by atomic mass is 19.3. The van der Waals surface area contributed by atoms with Crippen molar-refractivity contribution in [2.75, 3.05) is 6.54 Å². The van der Waals surface area contributed by atoms with Crippen LogP contribution < -0.4 is 0 Å². The highest BCUT2D eigenvalue weighted by Gasteiger charge is 2.37. The van der Waals surface area contributed by atoms with E-state index in [1.807, 2.05) is 6.92 Å². The van der Waals surface area contributed by atoms with Crippen molar-refractivity contribution in [1.82, 2.24) is 4.90 Å². The van der Waals surface area contributed by atoms with Gasteiger partial charge in [0.1, 0.15) is 6.04 Å². The summed E-state index contributed by atoms with van der Waals surface area (Å²) in [6, 6.07) is -1.10. The summed E-state index contributed by atoms with van der Waals surface area (Å²) >= 11 is 0. The van der Waals surface area contributed by atoms with E-state index in [0.717, 1.165) is 4.90 Å². The van der Waals surface area contributed by atoms with Crippen LogP contribution in [0, 0.1) is 5.92 Å². The molecule has 0 bridgehead atoms. The number of hydrogen-bond acceptors (Lipinski definition) is 2. The van der Waals surface area contributed by atoms with Crippen molar-refractivity contribution in [3.63, 3.8) is 0 Å². The molecule has 1 saturated heterocycles. The van der Waals surface area contributed by atoms with Crippen LogP contribution in [0.15, 0.2) is 0 Å². The van der Waals surface area contributed by atoms with Gasteiger partial charge in [-0.2, -0.15) is 8.78 Å². The van der Waals surface area contributed by atoms with Crippen molar-refractivity contribution < 1.29 is 23.5 Å². The van der Waals surface area contributed by atoms with Gasteiger partial charge in [0.15, 0.2) is 0 Å². The van der Waals surface area contributed by atoms with Crippen molar-refractivity contribution in [2.24, 2.45) is 5.92 Å². The van der Waals surface area contributed by atoms with Gasteiger partial charge in [0.25, 0.3) is 5.91 Å². The summed E-state index contributed by atoms with van der Waals surface area (Å²) in [5, 5.41) is 8.82. The van der Waals surface area contributed by atoms with E-state index in [4.69, 9.17) is 5.11 Å². The Balaban J connectivity index is 2.77. The smallest absolute Gasteiger partial charge is 0.326 e. The van der Waals surface area contributed by atoms with Crippen molar-refractivity contribution in [3.05, 3.63) is 0 Å². The molecule has 0 aromatic carbocycles. The van der Waals surface area contributed by atoms with Crippen molar-refractivity contribution in [2.45, 2.75) is 32.2 Å². The fraction of sp³-hybridized carbons (Fsp3) is 0.778. The van der Waals surface area contributed by atoms with E-state index in [1.54, 1.807) is 0 Å². The summed E-state index contributed by atoms with van der Waals surface area (Å²) in [7, 11) is 0. The van der Waals surface area contributed by atoms with Crippen LogP contribution in [0.4, 0.5) is 8.78 Å². The first kappa shape index (κ1) is 11.9. The van der Waals surface area contributed by atoms with Crippen LogP contribution in [0.25, 0.3) is 0 Å². The van der Waals surface area contributed by atoms with Gasteiger partial charge in [-0.3, -0.25) is 4.79 Å². The van der Waals surface area contributed by atoms with Crippen molar-refractivity contribution in [3.8, 4) is 0 Å². The molecule has 1 heterocycles. The summed E-state index contributed by atoms with van der Waals surface area (Å²) < 4.78 is 24.3. The molecule has 1 rings (SSSR count). The molecule has 86 valence electrons. The second kappa shape index (κ2) is 4.55. The first-order valence-corrected chi connectivity index (χ1v) is 4.75. The Hall–Kier alpha value is -1.20. The monoisotopic (exact) mass is 221 g/mol. The Labute approximate surface area is 85.9 Å². The zero-order valence-corrected chi connectivity index (χ0v) is 8.32. The van der Waals surface area contributed by atoms with Gasteiger partial charge in [-0.25, -0.2) is 4.79 Å². The van der Waals surface area contributed by atoms with Crippen LogP contribution in [0.2, 0.25) is 0 Å². The minimum atomic E-state index is -3.12. The predicted molar refractivity (Wildman–Crippen MR) is 47.5 cm³/mol. The number of piperidine rings is 1. The molecule has 1 aliphatic rings. The van der Waals surface area contributed by atoms with Crippen LogP contribution >= 0.6 is 0 Å². The van der Waals surface area contributed by atoms with Gasteiger partial charge in [0.2, 0.25) is 0 Å². The highest BCUT2D eigenvalue weighted by molar-refractivity contribution is 5.85. The first-order valence-electron chi connectivity index (χ1n) is 4.75. The number of carboxylic acids is 1. The summed E-state index contributed by atoms with van der Waals surface area (Å²) in [5.74, 6) is -2.45. The summed E-state index contributed by atoms with van der Waals surface area (Å²) in [6.07, 6.45) is -2.31. The van der Waals surface area contributed by atoms with Gasteiger partial charge in [0.05, 0.1) is 0 Å². The molecule has 0 radical (unpaired) electrons. The maximum Gasteiger partial charge on any atom is 0.326 e. The van der Waals surface area contributed by atoms with Gasteiger partial charge in [-0.05, 0) is 18.8 Å². The number of carbonyl (C=O) groups excluding carboxylic acids is 1. The lowest BCUT2D eigenvalue weighted by atomic mass is 9.92. The molecular formula is C9H13F2NO3. The summed E-state index contributed by atoms with van der Waals surface area (Å²) in [5.41, 5.74) is 0.